The van der Waals surface area contributed by atoms with E-state index in [1.807, 2.05) is 12.1 Å². The minimum absolute atomic E-state index is 0.295. The van der Waals surface area contributed by atoms with E-state index < -0.39 is 6.61 Å². The summed E-state index contributed by atoms with van der Waals surface area (Å²) in [6.07, 6.45) is 0. The van der Waals surface area contributed by atoms with E-state index in [4.69, 9.17) is 5.11 Å². The summed E-state index contributed by atoms with van der Waals surface area (Å²) in [7, 11) is 0. The average Bonchev–Trinajstić information content (AvgIpc) is 3.02. The van der Waals surface area contributed by atoms with Gasteiger partial charge in [0.15, 0.2) is 5.78 Å². The second-order valence-electron chi connectivity index (χ2n) is 4.00. The number of H-pyrrole nitrogens is 1. The van der Waals surface area contributed by atoms with E-state index in [0.717, 1.165) is 25.5 Å². The molecule has 2 aromatic heterocycles. The third kappa shape index (κ3) is 2.34. The van der Waals surface area contributed by atoms with E-state index in [1.165, 1.54) is 0 Å². The van der Waals surface area contributed by atoms with Gasteiger partial charge in [-0.05, 0) is 46.3 Å². The van der Waals surface area contributed by atoms with Crippen LogP contribution in [0.4, 0.5) is 0 Å². The van der Waals surface area contributed by atoms with Crippen LogP contribution < -0.4 is 0 Å². The Hall–Kier alpha value is -1.50. The molecule has 0 spiro atoms. The maximum Gasteiger partial charge on any atom is 0.188 e. The maximum absolute atomic E-state index is 11.4. The van der Waals surface area contributed by atoms with Crippen molar-refractivity contribution in [1.29, 1.82) is 0 Å². The first-order valence-electron chi connectivity index (χ1n) is 5.57. The quantitative estimate of drug-likeness (QED) is 0.721. The molecule has 0 radical (unpaired) electrons. The van der Waals surface area contributed by atoms with Crippen LogP contribution in [0.15, 0.2) is 34.1 Å². The van der Waals surface area contributed by atoms with Crippen LogP contribution in [-0.4, -0.2) is 27.5 Å². The van der Waals surface area contributed by atoms with E-state index in [-0.39, 0.29) is 5.78 Å². The van der Waals surface area contributed by atoms with Crippen molar-refractivity contribution in [3.8, 4) is 10.7 Å². The topological polar surface area (TPSA) is 66.0 Å². The summed E-state index contributed by atoms with van der Waals surface area (Å²) < 4.78 is 1.04. The van der Waals surface area contributed by atoms with Crippen molar-refractivity contribution < 1.29 is 9.90 Å². The number of halogens is 1. The van der Waals surface area contributed by atoms with Crippen LogP contribution in [0, 0.1) is 0 Å². The van der Waals surface area contributed by atoms with Crippen molar-refractivity contribution in [2.24, 2.45) is 0 Å². The Morgan fingerprint density at radius 1 is 1.37 bits per heavy atom. The molecule has 19 heavy (non-hydrogen) atoms. The number of ketones is 1. The van der Waals surface area contributed by atoms with E-state index in [9.17, 15) is 4.79 Å². The Bertz CT molecular complexity index is 763. The molecule has 0 saturated heterocycles. The molecule has 0 unspecified atom stereocenters. The van der Waals surface area contributed by atoms with Crippen LogP contribution in [-0.2, 0) is 0 Å². The van der Waals surface area contributed by atoms with E-state index in [0.29, 0.717) is 5.56 Å². The molecular formula is C13H9BrN2O2S. The van der Waals surface area contributed by atoms with Gasteiger partial charge in [-0.25, -0.2) is 4.98 Å². The van der Waals surface area contributed by atoms with Crippen molar-refractivity contribution in [1.82, 2.24) is 9.97 Å². The van der Waals surface area contributed by atoms with Gasteiger partial charge in [0.25, 0.3) is 0 Å². The predicted octanol–water partition coefficient (Wildman–Crippen LogP) is 3.23. The number of aromatic amines is 1. The molecule has 0 amide bonds. The molecule has 4 nitrogen and oxygen atoms in total. The molecule has 0 fully saturated rings. The van der Waals surface area contributed by atoms with Crippen molar-refractivity contribution in [2.45, 2.75) is 0 Å². The Morgan fingerprint density at radius 2 is 2.21 bits per heavy atom. The van der Waals surface area contributed by atoms with E-state index in [1.54, 1.807) is 29.5 Å². The summed E-state index contributed by atoms with van der Waals surface area (Å²) in [6.45, 7) is -0.482. The number of nitrogens with zero attached hydrogens (tertiary/aromatic N) is 1. The number of Topliss-reactive ketones (excluding diaryl/α,β-unsaturated/α-hetero) is 1. The van der Waals surface area contributed by atoms with Gasteiger partial charge in [-0.1, -0.05) is 0 Å². The highest BCUT2D eigenvalue weighted by Crippen LogP contribution is 2.30. The summed E-state index contributed by atoms with van der Waals surface area (Å²) in [5, 5.41) is 8.87. The van der Waals surface area contributed by atoms with Gasteiger partial charge in [0.1, 0.15) is 12.4 Å². The largest absolute Gasteiger partial charge is 0.388 e. The zero-order chi connectivity index (χ0) is 13.4. The molecule has 2 heterocycles. The highest BCUT2D eigenvalue weighted by atomic mass is 79.9. The van der Waals surface area contributed by atoms with Crippen molar-refractivity contribution in [3.63, 3.8) is 0 Å². The summed E-state index contributed by atoms with van der Waals surface area (Å²) >= 11 is 5.00. The van der Waals surface area contributed by atoms with E-state index in [2.05, 4.69) is 25.9 Å². The summed E-state index contributed by atoms with van der Waals surface area (Å²) in [6, 6.07) is 9.11. The van der Waals surface area contributed by atoms with Crippen LogP contribution in [0.3, 0.4) is 0 Å². The maximum atomic E-state index is 11.4. The lowest BCUT2D eigenvalue weighted by molar-refractivity contribution is 0.0904. The van der Waals surface area contributed by atoms with E-state index >= 15 is 0 Å². The number of fused-ring (bicyclic) bond motifs is 1. The van der Waals surface area contributed by atoms with Crippen molar-refractivity contribution in [3.05, 3.63) is 39.7 Å². The first-order chi connectivity index (χ1) is 9.17. The molecule has 96 valence electrons. The molecule has 0 aliphatic rings. The standard InChI is InChI=1S/C13H9BrN2O2S/c14-12-4-3-11(19-12)13-15-8-2-1-7(10(18)6-17)5-9(8)16-13/h1-5,17H,6H2,(H,15,16). The average molecular weight is 337 g/mol. The Morgan fingerprint density at radius 3 is 2.89 bits per heavy atom. The molecule has 0 bridgehead atoms. The number of benzene rings is 1. The van der Waals surface area contributed by atoms with Gasteiger partial charge in [0.2, 0.25) is 0 Å². The van der Waals surface area contributed by atoms with Crippen molar-refractivity contribution >= 4 is 44.1 Å². The number of carbonyl (C=O) groups excluding carboxylic acids is 1. The lowest BCUT2D eigenvalue weighted by Crippen LogP contribution is -2.03. The zero-order valence-electron chi connectivity index (χ0n) is 9.68. The lowest BCUT2D eigenvalue weighted by Gasteiger charge is -1.96. The number of thiophene rings is 1. The lowest BCUT2D eigenvalue weighted by atomic mass is 10.1. The summed E-state index contributed by atoms with van der Waals surface area (Å²) in [4.78, 5) is 20.1. The predicted molar refractivity (Wildman–Crippen MR) is 78.5 cm³/mol. The molecule has 3 rings (SSSR count). The van der Waals surface area contributed by atoms with Gasteiger partial charge < -0.3 is 10.1 Å². The third-order valence-corrected chi connectivity index (χ3v) is 4.38. The molecule has 1 aromatic carbocycles. The molecule has 0 aliphatic heterocycles. The molecule has 0 aliphatic carbocycles. The smallest absolute Gasteiger partial charge is 0.188 e. The number of aliphatic hydroxyl groups excluding tert-OH is 1. The summed E-state index contributed by atoms with van der Waals surface area (Å²) in [5.41, 5.74) is 2.07. The number of hydrogen-bond acceptors (Lipinski definition) is 4. The van der Waals surface area contributed by atoms with Crippen molar-refractivity contribution in [2.75, 3.05) is 6.61 Å². The number of nitrogens with one attached hydrogen (secondary N) is 1. The molecule has 3 aromatic rings. The number of imidazole rings is 1. The Balaban J connectivity index is 2.08. The monoisotopic (exact) mass is 336 g/mol. The highest BCUT2D eigenvalue weighted by Gasteiger charge is 2.10. The second kappa shape index (κ2) is 4.88. The summed E-state index contributed by atoms with van der Waals surface area (Å²) in [5.74, 6) is 0.483. The third-order valence-electron chi connectivity index (χ3n) is 2.75. The van der Waals surface area contributed by atoms with Crippen LogP contribution >= 0.6 is 27.3 Å². The van der Waals surface area contributed by atoms with Gasteiger partial charge in [-0.3, -0.25) is 4.79 Å². The van der Waals surface area contributed by atoms with Gasteiger partial charge in [-0.2, -0.15) is 0 Å². The Kier molecular flexibility index (Phi) is 3.22. The highest BCUT2D eigenvalue weighted by molar-refractivity contribution is 9.11. The minimum atomic E-state index is -0.482. The molecule has 2 N–H and O–H groups in total. The molecular weight excluding hydrogens is 328 g/mol. The fourth-order valence-corrected chi connectivity index (χ4v) is 3.16. The fourth-order valence-electron chi connectivity index (χ4n) is 1.83. The first kappa shape index (κ1) is 12.5. The van der Waals surface area contributed by atoms with Gasteiger partial charge in [-0.15, -0.1) is 11.3 Å². The number of aromatic nitrogens is 2. The van der Waals surface area contributed by atoms with Gasteiger partial charge in [0, 0.05) is 5.56 Å². The SMILES string of the molecule is O=C(CO)c1ccc2nc(-c3ccc(Br)s3)[nH]c2c1. The number of aliphatic hydroxyl groups is 1. The van der Waals surface area contributed by atoms with Gasteiger partial charge in [0.05, 0.1) is 19.7 Å². The fraction of sp³-hybridized carbons (Fsp3) is 0.0769. The molecule has 0 atom stereocenters. The van der Waals surface area contributed by atoms with Crippen LogP contribution in [0.1, 0.15) is 10.4 Å². The molecule has 0 saturated carbocycles. The second-order valence-corrected chi connectivity index (χ2v) is 6.47. The van der Waals surface area contributed by atoms with Gasteiger partial charge >= 0.3 is 0 Å². The number of hydrogen-bond donors (Lipinski definition) is 2. The van der Waals surface area contributed by atoms with Crippen LogP contribution in [0.2, 0.25) is 0 Å². The number of carbonyl (C=O) groups is 1. The Labute approximate surface area is 121 Å². The normalized spacial score (nSPS) is 11.1. The van der Waals surface area contributed by atoms with Crippen LogP contribution in [0.25, 0.3) is 21.7 Å². The first-order valence-corrected chi connectivity index (χ1v) is 7.18. The molecule has 6 heteroatoms. The van der Waals surface area contributed by atoms with Crippen LogP contribution in [0.5, 0.6) is 0 Å². The zero-order valence-corrected chi connectivity index (χ0v) is 12.1. The number of rotatable bonds is 3. The minimum Gasteiger partial charge on any atom is -0.388 e.